The summed E-state index contributed by atoms with van der Waals surface area (Å²) in [6.45, 7) is 4.59. The van der Waals surface area contributed by atoms with Gasteiger partial charge in [-0.3, -0.25) is 4.90 Å². The van der Waals surface area contributed by atoms with Crippen LogP contribution in [-0.2, 0) is 6.54 Å². The molecule has 0 amide bonds. The first-order valence-corrected chi connectivity index (χ1v) is 7.33. The number of nitrogens with zero attached hydrogens (tertiary/aromatic N) is 1. The lowest BCUT2D eigenvalue weighted by molar-refractivity contribution is 0.141. The molecule has 98 valence electrons. The second-order valence-corrected chi connectivity index (χ2v) is 5.22. The van der Waals surface area contributed by atoms with Gasteiger partial charge < -0.3 is 0 Å². The van der Waals surface area contributed by atoms with E-state index in [1.54, 1.807) is 0 Å². The quantitative estimate of drug-likeness (QED) is 0.693. The normalized spacial score (nSPS) is 21.5. The minimum atomic E-state index is 0.752. The summed E-state index contributed by atoms with van der Waals surface area (Å²) in [5.74, 6) is 0. The summed E-state index contributed by atoms with van der Waals surface area (Å²) in [6.07, 6.45) is 11.2. The third kappa shape index (κ3) is 3.99. The molecule has 1 heteroatoms. The van der Waals surface area contributed by atoms with E-state index in [9.17, 15) is 0 Å². The standard InChI is InChI=1S/C17H25N/c1-2-3-5-12-17-13-8-9-14-18(17)15-16-10-6-4-7-11-16/h3-7,10-11,17H,2,8-9,12-15H2,1H3/b5-3+/t17-/m0/s1. The van der Waals surface area contributed by atoms with E-state index in [0.29, 0.717) is 0 Å². The van der Waals surface area contributed by atoms with E-state index < -0.39 is 0 Å². The Balaban J connectivity index is 1.93. The SMILES string of the molecule is CC/C=C/C[C@H]1CCCCN1Cc1ccccc1. The van der Waals surface area contributed by atoms with E-state index in [1.165, 1.54) is 37.8 Å². The maximum absolute atomic E-state index is 2.67. The molecule has 0 bridgehead atoms. The van der Waals surface area contributed by atoms with Gasteiger partial charge in [-0.25, -0.2) is 0 Å². The Hall–Kier alpha value is -1.08. The molecule has 1 aliphatic heterocycles. The van der Waals surface area contributed by atoms with E-state index in [2.05, 4.69) is 54.3 Å². The van der Waals surface area contributed by atoms with Crippen molar-refractivity contribution in [2.75, 3.05) is 6.54 Å². The first-order valence-electron chi connectivity index (χ1n) is 7.33. The third-order valence-corrected chi connectivity index (χ3v) is 3.79. The monoisotopic (exact) mass is 243 g/mol. The number of allylic oxidation sites excluding steroid dienone is 1. The molecule has 0 saturated carbocycles. The molecule has 0 radical (unpaired) electrons. The third-order valence-electron chi connectivity index (χ3n) is 3.79. The predicted molar refractivity (Wildman–Crippen MR) is 78.5 cm³/mol. The summed E-state index contributed by atoms with van der Waals surface area (Å²) >= 11 is 0. The summed E-state index contributed by atoms with van der Waals surface area (Å²) in [4.78, 5) is 2.67. The molecule has 1 atom stereocenters. The van der Waals surface area contributed by atoms with Crippen LogP contribution < -0.4 is 0 Å². The van der Waals surface area contributed by atoms with Crippen molar-refractivity contribution < 1.29 is 0 Å². The Bertz CT molecular complexity index is 355. The summed E-state index contributed by atoms with van der Waals surface area (Å²) in [6, 6.07) is 11.6. The largest absolute Gasteiger partial charge is 0.296 e. The molecule has 0 spiro atoms. The van der Waals surface area contributed by atoms with Crippen LogP contribution in [0, 0.1) is 0 Å². The number of hydrogen-bond donors (Lipinski definition) is 0. The average molecular weight is 243 g/mol. The molecule has 1 aromatic rings. The molecule has 0 N–H and O–H groups in total. The molecule has 18 heavy (non-hydrogen) atoms. The highest BCUT2D eigenvalue weighted by Gasteiger charge is 2.20. The fourth-order valence-corrected chi connectivity index (χ4v) is 2.77. The van der Waals surface area contributed by atoms with Crippen LogP contribution in [0.4, 0.5) is 0 Å². The lowest BCUT2D eigenvalue weighted by Crippen LogP contribution is -2.38. The van der Waals surface area contributed by atoms with Gasteiger partial charge in [-0.2, -0.15) is 0 Å². The minimum Gasteiger partial charge on any atom is -0.296 e. The molecule has 1 aromatic carbocycles. The van der Waals surface area contributed by atoms with Gasteiger partial charge in [0.05, 0.1) is 0 Å². The highest BCUT2D eigenvalue weighted by molar-refractivity contribution is 5.14. The number of likely N-dealkylation sites (tertiary alicyclic amines) is 1. The first kappa shape index (κ1) is 13.4. The van der Waals surface area contributed by atoms with E-state index in [4.69, 9.17) is 0 Å². The van der Waals surface area contributed by atoms with Gasteiger partial charge in [-0.15, -0.1) is 0 Å². The zero-order chi connectivity index (χ0) is 12.6. The number of hydrogen-bond acceptors (Lipinski definition) is 1. The number of benzene rings is 1. The second kappa shape index (κ2) is 7.38. The van der Waals surface area contributed by atoms with Crippen LogP contribution in [0.25, 0.3) is 0 Å². The van der Waals surface area contributed by atoms with Gasteiger partial charge in [0.2, 0.25) is 0 Å². The van der Waals surface area contributed by atoms with Gasteiger partial charge in [0.1, 0.15) is 0 Å². The van der Waals surface area contributed by atoms with Crippen LogP contribution >= 0.6 is 0 Å². The summed E-state index contributed by atoms with van der Waals surface area (Å²) < 4.78 is 0. The van der Waals surface area contributed by atoms with Gasteiger partial charge in [-0.05, 0) is 37.8 Å². The summed E-state index contributed by atoms with van der Waals surface area (Å²) in [5, 5.41) is 0. The molecule has 2 rings (SSSR count). The zero-order valence-electron chi connectivity index (χ0n) is 11.5. The van der Waals surface area contributed by atoms with Crippen LogP contribution in [0.1, 0.15) is 44.6 Å². The highest BCUT2D eigenvalue weighted by atomic mass is 15.2. The average Bonchev–Trinajstić information content (AvgIpc) is 2.42. The van der Waals surface area contributed by atoms with Crippen molar-refractivity contribution in [2.24, 2.45) is 0 Å². The van der Waals surface area contributed by atoms with E-state index in [1.807, 2.05) is 0 Å². The Morgan fingerprint density at radius 1 is 1.17 bits per heavy atom. The van der Waals surface area contributed by atoms with Crippen molar-refractivity contribution in [3.8, 4) is 0 Å². The molecule has 0 aliphatic carbocycles. The second-order valence-electron chi connectivity index (χ2n) is 5.22. The predicted octanol–water partition coefficient (Wildman–Crippen LogP) is 4.40. The van der Waals surface area contributed by atoms with Crippen LogP contribution in [0.2, 0.25) is 0 Å². The van der Waals surface area contributed by atoms with Crippen molar-refractivity contribution in [3.05, 3.63) is 48.0 Å². The Kier molecular flexibility index (Phi) is 5.47. The van der Waals surface area contributed by atoms with Gasteiger partial charge >= 0.3 is 0 Å². The van der Waals surface area contributed by atoms with Crippen LogP contribution in [0.5, 0.6) is 0 Å². The molecule has 0 unspecified atom stereocenters. The van der Waals surface area contributed by atoms with Crippen LogP contribution in [-0.4, -0.2) is 17.5 Å². The van der Waals surface area contributed by atoms with Crippen LogP contribution in [0.15, 0.2) is 42.5 Å². The molecular weight excluding hydrogens is 218 g/mol. The minimum absolute atomic E-state index is 0.752. The summed E-state index contributed by atoms with van der Waals surface area (Å²) in [7, 11) is 0. The Morgan fingerprint density at radius 2 is 2.00 bits per heavy atom. The van der Waals surface area contributed by atoms with Crippen molar-refractivity contribution in [3.63, 3.8) is 0 Å². The maximum Gasteiger partial charge on any atom is 0.0236 e. The fraction of sp³-hybridized carbons (Fsp3) is 0.529. The smallest absolute Gasteiger partial charge is 0.0236 e. The van der Waals surface area contributed by atoms with Gasteiger partial charge in [0.15, 0.2) is 0 Å². The lowest BCUT2D eigenvalue weighted by Gasteiger charge is -2.35. The molecule has 1 aliphatic rings. The van der Waals surface area contributed by atoms with Crippen molar-refractivity contribution >= 4 is 0 Å². The fourth-order valence-electron chi connectivity index (χ4n) is 2.77. The van der Waals surface area contributed by atoms with Crippen LogP contribution in [0.3, 0.4) is 0 Å². The van der Waals surface area contributed by atoms with Crippen molar-refractivity contribution in [2.45, 2.75) is 51.6 Å². The van der Waals surface area contributed by atoms with Gasteiger partial charge in [-0.1, -0.05) is 55.8 Å². The Morgan fingerprint density at radius 3 is 2.78 bits per heavy atom. The molecular formula is C17H25N. The summed E-state index contributed by atoms with van der Waals surface area (Å²) in [5.41, 5.74) is 1.45. The molecule has 1 heterocycles. The highest BCUT2D eigenvalue weighted by Crippen LogP contribution is 2.22. The molecule has 1 saturated heterocycles. The van der Waals surface area contributed by atoms with E-state index in [-0.39, 0.29) is 0 Å². The molecule has 0 aromatic heterocycles. The molecule has 1 fully saturated rings. The maximum atomic E-state index is 2.67. The first-order chi connectivity index (χ1) is 8.90. The number of rotatable bonds is 5. The van der Waals surface area contributed by atoms with Gasteiger partial charge in [0.25, 0.3) is 0 Å². The van der Waals surface area contributed by atoms with Crippen molar-refractivity contribution in [1.82, 2.24) is 4.90 Å². The Labute approximate surface area is 112 Å². The zero-order valence-corrected chi connectivity index (χ0v) is 11.5. The lowest BCUT2D eigenvalue weighted by atomic mass is 9.98. The number of piperidine rings is 1. The van der Waals surface area contributed by atoms with Gasteiger partial charge in [0, 0.05) is 12.6 Å². The van der Waals surface area contributed by atoms with Crippen molar-refractivity contribution in [1.29, 1.82) is 0 Å². The van der Waals surface area contributed by atoms with E-state index >= 15 is 0 Å². The van der Waals surface area contributed by atoms with E-state index in [0.717, 1.165) is 19.0 Å². The topological polar surface area (TPSA) is 3.24 Å². The molecule has 1 nitrogen and oxygen atoms in total.